The van der Waals surface area contributed by atoms with E-state index in [0.29, 0.717) is 36.1 Å². The van der Waals surface area contributed by atoms with Crippen LogP contribution in [0.3, 0.4) is 0 Å². The Hall–Kier alpha value is -3.94. The number of nitrogens with zero attached hydrogens (tertiary/aromatic N) is 2. The average molecular weight is 406 g/mol. The standard InChI is InChI=1S/C22H22N4O4/c1-3-29-19-11-7-5-9-15(19)23-25-17-13-14-18(27)21(22(17)28)26-24-16-10-6-8-12-20(16)30-4-2/h5-14,23-24H,3-4H2,1-2H3/b25-17+,26-21+. The molecule has 0 bridgehead atoms. The third-order valence-corrected chi connectivity index (χ3v) is 4.03. The molecule has 0 fully saturated rings. The number of benzene rings is 3. The maximum Gasteiger partial charge on any atom is 0.237 e. The van der Waals surface area contributed by atoms with Crippen LogP contribution in [0, 0.1) is 0 Å². The van der Waals surface area contributed by atoms with Crippen molar-refractivity contribution >= 4 is 11.4 Å². The minimum Gasteiger partial charge on any atom is -0.492 e. The number of nitrogens with one attached hydrogen (secondary N) is 2. The van der Waals surface area contributed by atoms with E-state index in [1.807, 2.05) is 32.0 Å². The second kappa shape index (κ2) is 10.0. The number of rotatable bonds is 8. The summed E-state index contributed by atoms with van der Waals surface area (Å²) in [6.07, 6.45) is 0. The highest BCUT2D eigenvalue weighted by Crippen LogP contribution is 2.24. The van der Waals surface area contributed by atoms with Crippen LogP contribution in [0.2, 0.25) is 0 Å². The molecule has 0 saturated heterocycles. The summed E-state index contributed by atoms with van der Waals surface area (Å²) in [7, 11) is 0. The first-order chi connectivity index (χ1) is 14.6. The summed E-state index contributed by atoms with van der Waals surface area (Å²) in [5.74, 6) is 1.18. The first-order valence-electron chi connectivity index (χ1n) is 9.52. The smallest absolute Gasteiger partial charge is 0.237 e. The zero-order chi connectivity index (χ0) is 21.3. The number of hydrogen-bond donors (Lipinski definition) is 2. The molecule has 0 spiro atoms. The topological polar surface area (TPSA) is 101 Å². The van der Waals surface area contributed by atoms with Crippen LogP contribution in [0.5, 0.6) is 11.5 Å². The summed E-state index contributed by atoms with van der Waals surface area (Å²) in [4.78, 5) is 24.9. The van der Waals surface area contributed by atoms with Crippen molar-refractivity contribution in [3.63, 3.8) is 0 Å². The summed E-state index contributed by atoms with van der Waals surface area (Å²) < 4.78 is 11.0. The highest BCUT2D eigenvalue weighted by atomic mass is 16.5. The van der Waals surface area contributed by atoms with E-state index < -0.39 is 10.9 Å². The molecule has 0 aromatic heterocycles. The van der Waals surface area contributed by atoms with Gasteiger partial charge >= 0.3 is 0 Å². The first-order valence-corrected chi connectivity index (χ1v) is 9.52. The molecule has 154 valence electrons. The molecule has 0 unspecified atom stereocenters. The zero-order valence-electron chi connectivity index (χ0n) is 16.7. The molecular formula is C22H22N4O4. The molecule has 0 aliphatic heterocycles. The van der Waals surface area contributed by atoms with Crippen LogP contribution in [0.15, 0.2) is 80.5 Å². The molecular weight excluding hydrogens is 384 g/mol. The normalized spacial score (nSPS) is 11.9. The van der Waals surface area contributed by atoms with Crippen LogP contribution >= 0.6 is 0 Å². The molecule has 3 aromatic rings. The van der Waals surface area contributed by atoms with Crippen LogP contribution in [0.25, 0.3) is 0 Å². The van der Waals surface area contributed by atoms with E-state index in [-0.39, 0.29) is 10.7 Å². The van der Waals surface area contributed by atoms with Crippen LogP contribution in [0.1, 0.15) is 13.8 Å². The molecule has 30 heavy (non-hydrogen) atoms. The molecule has 8 nitrogen and oxygen atoms in total. The van der Waals surface area contributed by atoms with Gasteiger partial charge in [0.15, 0.2) is 5.36 Å². The third-order valence-electron chi connectivity index (χ3n) is 4.03. The van der Waals surface area contributed by atoms with E-state index in [1.165, 1.54) is 12.1 Å². The Kier molecular flexibility index (Phi) is 6.94. The van der Waals surface area contributed by atoms with E-state index in [4.69, 9.17) is 9.47 Å². The molecule has 0 atom stereocenters. The Balaban J connectivity index is 1.95. The SMILES string of the molecule is CCOc1ccccc1N/N=c1\ccc(=O)/c(=N\Nc2ccccc2OCC)c1=O. The minimum absolute atomic E-state index is 0.0551. The Morgan fingerprint density at radius 3 is 1.83 bits per heavy atom. The molecule has 0 heterocycles. The van der Waals surface area contributed by atoms with E-state index >= 15 is 0 Å². The number of ether oxygens (including phenoxy) is 2. The van der Waals surface area contributed by atoms with Crippen molar-refractivity contribution in [1.82, 2.24) is 0 Å². The van der Waals surface area contributed by atoms with Crippen LogP contribution in [-0.4, -0.2) is 13.2 Å². The lowest BCUT2D eigenvalue weighted by molar-refractivity contribution is 0.341. The van der Waals surface area contributed by atoms with Crippen LogP contribution < -0.4 is 41.9 Å². The van der Waals surface area contributed by atoms with Gasteiger partial charge in [0, 0.05) is 0 Å². The first kappa shape index (κ1) is 20.8. The number of para-hydroxylation sites is 4. The van der Waals surface area contributed by atoms with Crippen molar-refractivity contribution in [3.05, 3.63) is 91.8 Å². The zero-order valence-corrected chi connectivity index (χ0v) is 16.7. The Morgan fingerprint density at radius 2 is 1.27 bits per heavy atom. The van der Waals surface area contributed by atoms with Gasteiger partial charge in [0.25, 0.3) is 0 Å². The van der Waals surface area contributed by atoms with Crippen LogP contribution in [0.4, 0.5) is 11.4 Å². The van der Waals surface area contributed by atoms with Crippen molar-refractivity contribution in [3.8, 4) is 11.5 Å². The molecule has 0 aliphatic rings. The fourth-order valence-electron chi connectivity index (χ4n) is 2.65. The Morgan fingerprint density at radius 1 is 0.733 bits per heavy atom. The fourth-order valence-corrected chi connectivity index (χ4v) is 2.65. The van der Waals surface area contributed by atoms with Crippen LogP contribution in [-0.2, 0) is 0 Å². The summed E-state index contributed by atoms with van der Waals surface area (Å²) in [6, 6.07) is 17.0. The van der Waals surface area contributed by atoms with Gasteiger partial charge in [0.2, 0.25) is 10.9 Å². The number of anilines is 2. The number of hydrogen-bond acceptors (Lipinski definition) is 8. The van der Waals surface area contributed by atoms with Gasteiger partial charge in [-0.05, 0) is 50.2 Å². The Labute approximate surface area is 172 Å². The van der Waals surface area contributed by atoms with Gasteiger partial charge in [-0.15, -0.1) is 0 Å². The predicted octanol–water partition coefficient (Wildman–Crippen LogP) is 1.94. The molecule has 8 heteroatoms. The lowest BCUT2D eigenvalue weighted by atomic mass is 10.3. The fraction of sp³-hybridized carbons (Fsp3) is 0.182. The second-order valence-electron chi connectivity index (χ2n) is 6.07. The minimum atomic E-state index is -0.592. The highest BCUT2D eigenvalue weighted by Gasteiger charge is 2.05. The molecule has 2 N–H and O–H groups in total. The summed E-state index contributed by atoms with van der Waals surface area (Å²) >= 11 is 0. The monoisotopic (exact) mass is 406 g/mol. The summed E-state index contributed by atoms with van der Waals surface area (Å²) in [6.45, 7) is 4.71. The maximum absolute atomic E-state index is 12.7. The molecule has 0 radical (unpaired) electrons. The lowest BCUT2D eigenvalue weighted by Gasteiger charge is -2.08. The van der Waals surface area contributed by atoms with E-state index in [1.54, 1.807) is 30.3 Å². The average Bonchev–Trinajstić information content (AvgIpc) is 2.75. The van der Waals surface area contributed by atoms with E-state index in [9.17, 15) is 9.59 Å². The van der Waals surface area contributed by atoms with Gasteiger partial charge in [0.1, 0.15) is 16.9 Å². The van der Waals surface area contributed by atoms with Crippen molar-refractivity contribution in [2.24, 2.45) is 10.2 Å². The molecule has 0 aliphatic carbocycles. The molecule has 3 rings (SSSR count). The second-order valence-corrected chi connectivity index (χ2v) is 6.07. The van der Waals surface area contributed by atoms with Gasteiger partial charge in [-0.3, -0.25) is 20.4 Å². The lowest BCUT2D eigenvalue weighted by Crippen LogP contribution is -2.48. The van der Waals surface area contributed by atoms with Crippen molar-refractivity contribution < 1.29 is 9.47 Å². The van der Waals surface area contributed by atoms with Gasteiger partial charge in [-0.1, -0.05) is 24.3 Å². The Bertz CT molecular complexity index is 1230. The van der Waals surface area contributed by atoms with E-state index in [2.05, 4.69) is 21.1 Å². The summed E-state index contributed by atoms with van der Waals surface area (Å²) in [5, 5.41) is 7.94. The van der Waals surface area contributed by atoms with E-state index in [0.717, 1.165) is 0 Å². The van der Waals surface area contributed by atoms with Gasteiger partial charge in [-0.25, -0.2) is 0 Å². The molecule has 3 aromatic carbocycles. The molecule has 0 amide bonds. The van der Waals surface area contributed by atoms with Crippen molar-refractivity contribution in [1.29, 1.82) is 0 Å². The highest BCUT2D eigenvalue weighted by molar-refractivity contribution is 5.56. The van der Waals surface area contributed by atoms with Gasteiger partial charge in [0.05, 0.1) is 24.6 Å². The van der Waals surface area contributed by atoms with Gasteiger partial charge < -0.3 is 9.47 Å². The quantitative estimate of drug-likeness (QED) is 0.555. The van der Waals surface area contributed by atoms with Gasteiger partial charge in [-0.2, -0.15) is 10.2 Å². The molecule has 0 saturated carbocycles. The predicted molar refractivity (Wildman–Crippen MR) is 115 cm³/mol. The third kappa shape index (κ3) is 4.91. The van der Waals surface area contributed by atoms with Crippen molar-refractivity contribution in [2.45, 2.75) is 13.8 Å². The van der Waals surface area contributed by atoms with Crippen molar-refractivity contribution in [2.75, 3.05) is 24.1 Å². The summed E-state index contributed by atoms with van der Waals surface area (Å²) in [5.41, 5.74) is 5.61. The largest absolute Gasteiger partial charge is 0.492 e. The maximum atomic E-state index is 12.7.